The lowest BCUT2D eigenvalue weighted by molar-refractivity contribution is -0.136. The zero-order valence-corrected chi connectivity index (χ0v) is 15.1. The Morgan fingerprint density at radius 2 is 2.08 bits per heavy atom. The molecule has 1 aromatic carbocycles. The van der Waals surface area contributed by atoms with Gasteiger partial charge in [0.2, 0.25) is 5.91 Å². The Bertz CT molecular complexity index is 586. The molecule has 5 nitrogen and oxygen atoms in total. The summed E-state index contributed by atoms with van der Waals surface area (Å²) in [5.41, 5.74) is 6.51. The number of hydrogen-bond acceptors (Lipinski definition) is 2. The molecular weight excluding hydrogens is 314 g/mol. The first-order valence-electron chi connectivity index (χ1n) is 9.16. The Hall–Kier alpha value is -2.30. The number of amides is 3. The Labute approximate surface area is 150 Å². The van der Waals surface area contributed by atoms with E-state index in [0.717, 1.165) is 37.8 Å². The van der Waals surface area contributed by atoms with Gasteiger partial charge in [0.05, 0.1) is 5.92 Å². The summed E-state index contributed by atoms with van der Waals surface area (Å²) >= 11 is 0. The van der Waals surface area contributed by atoms with E-state index in [4.69, 9.17) is 5.73 Å². The zero-order valence-electron chi connectivity index (χ0n) is 15.1. The van der Waals surface area contributed by atoms with Crippen molar-refractivity contribution in [1.29, 1.82) is 0 Å². The number of urea groups is 1. The highest BCUT2D eigenvalue weighted by atomic mass is 16.2. The van der Waals surface area contributed by atoms with Gasteiger partial charge in [-0.2, -0.15) is 0 Å². The number of primary amides is 1. The van der Waals surface area contributed by atoms with Crippen molar-refractivity contribution in [3.63, 3.8) is 0 Å². The molecule has 1 fully saturated rings. The van der Waals surface area contributed by atoms with Crippen LogP contribution >= 0.6 is 0 Å². The molecular formula is C20H29N3O2. The average Bonchev–Trinajstić information content (AvgIpc) is 2.65. The molecule has 1 saturated heterocycles. The molecule has 1 atom stereocenters. The minimum absolute atomic E-state index is 0.136. The lowest BCUT2D eigenvalue weighted by Gasteiger charge is -2.34. The van der Waals surface area contributed by atoms with Gasteiger partial charge in [-0.15, -0.1) is 0 Å². The van der Waals surface area contributed by atoms with E-state index in [1.54, 1.807) is 4.90 Å². The summed E-state index contributed by atoms with van der Waals surface area (Å²) in [5.74, 6) is 0.000318. The van der Waals surface area contributed by atoms with Crippen molar-refractivity contribution in [3.8, 4) is 0 Å². The van der Waals surface area contributed by atoms with E-state index in [1.807, 2.05) is 47.4 Å². The van der Waals surface area contributed by atoms with Crippen molar-refractivity contribution in [3.05, 3.63) is 42.0 Å². The third kappa shape index (κ3) is 5.93. The predicted molar refractivity (Wildman–Crippen MR) is 101 cm³/mol. The van der Waals surface area contributed by atoms with Gasteiger partial charge in [0.15, 0.2) is 0 Å². The number of rotatable bonds is 7. The molecule has 0 radical (unpaired) electrons. The number of benzene rings is 1. The van der Waals surface area contributed by atoms with E-state index in [9.17, 15) is 9.59 Å². The quantitative estimate of drug-likeness (QED) is 0.826. The molecule has 1 aliphatic rings. The third-order valence-corrected chi connectivity index (χ3v) is 4.61. The van der Waals surface area contributed by atoms with Crippen LogP contribution in [0.1, 0.15) is 38.2 Å². The van der Waals surface area contributed by atoms with Crippen LogP contribution in [-0.4, -0.2) is 47.9 Å². The summed E-state index contributed by atoms with van der Waals surface area (Å²) < 4.78 is 0. The van der Waals surface area contributed by atoms with E-state index in [2.05, 4.69) is 6.92 Å². The molecule has 1 aromatic rings. The molecule has 1 aliphatic heterocycles. The largest absolute Gasteiger partial charge is 0.351 e. The number of piperidine rings is 1. The highest BCUT2D eigenvalue weighted by molar-refractivity contribution is 5.81. The van der Waals surface area contributed by atoms with Gasteiger partial charge in [0, 0.05) is 26.2 Å². The first kappa shape index (κ1) is 19.0. The minimum Gasteiger partial charge on any atom is -0.351 e. The van der Waals surface area contributed by atoms with Crippen molar-refractivity contribution in [2.24, 2.45) is 11.7 Å². The van der Waals surface area contributed by atoms with E-state index < -0.39 is 6.03 Å². The second-order valence-electron chi connectivity index (χ2n) is 6.57. The van der Waals surface area contributed by atoms with Crippen molar-refractivity contribution in [1.82, 2.24) is 9.80 Å². The molecule has 0 saturated carbocycles. The normalized spacial score (nSPS) is 17.6. The summed E-state index contributed by atoms with van der Waals surface area (Å²) in [6.07, 6.45) is 7.77. The Morgan fingerprint density at radius 3 is 2.76 bits per heavy atom. The molecule has 0 spiro atoms. The smallest absolute Gasteiger partial charge is 0.314 e. The standard InChI is InChI=1S/C20H29N3O2/c1-2-3-13-22(14-7-11-17-9-5-4-6-10-17)19(24)18-12-8-15-23(16-18)20(21)25/h4-7,9-11,18H,2-3,8,12-16H2,1H3,(H2,21,25)/b11-7+/t18-/m0/s1. The van der Waals surface area contributed by atoms with Gasteiger partial charge >= 0.3 is 6.03 Å². The van der Waals surface area contributed by atoms with Gasteiger partial charge in [0.25, 0.3) is 0 Å². The summed E-state index contributed by atoms with van der Waals surface area (Å²) in [5, 5.41) is 0. The molecule has 0 aromatic heterocycles. The third-order valence-electron chi connectivity index (χ3n) is 4.61. The zero-order chi connectivity index (χ0) is 18.1. The minimum atomic E-state index is -0.429. The topological polar surface area (TPSA) is 66.6 Å². The van der Waals surface area contributed by atoms with E-state index >= 15 is 0 Å². The number of carbonyl (C=O) groups excluding carboxylic acids is 2. The average molecular weight is 343 g/mol. The van der Waals surface area contributed by atoms with Crippen molar-refractivity contribution < 1.29 is 9.59 Å². The van der Waals surface area contributed by atoms with Crippen LogP contribution in [-0.2, 0) is 4.79 Å². The molecule has 0 unspecified atom stereocenters. The molecule has 136 valence electrons. The van der Waals surface area contributed by atoms with Crippen LogP contribution in [0.4, 0.5) is 4.79 Å². The molecule has 5 heteroatoms. The first-order chi connectivity index (χ1) is 12.1. The van der Waals surface area contributed by atoms with Gasteiger partial charge in [-0.05, 0) is 24.8 Å². The highest BCUT2D eigenvalue weighted by Crippen LogP contribution is 2.19. The van der Waals surface area contributed by atoms with Gasteiger partial charge in [0.1, 0.15) is 0 Å². The maximum absolute atomic E-state index is 12.9. The fourth-order valence-corrected chi connectivity index (χ4v) is 3.16. The molecule has 2 N–H and O–H groups in total. The number of hydrogen-bond donors (Lipinski definition) is 1. The van der Waals surface area contributed by atoms with Crippen LogP contribution in [0.5, 0.6) is 0 Å². The number of likely N-dealkylation sites (tertiary alicyclic amines) is 1. The second kappa shape index (κ2) is 9.87. The molecule has 0 aliphatic carbocycles. The van der Waals surface area contributed by atoms with Gasteiger partial charge in [-0.25, -0.2) is 4.79 Å². The van der Waals surface area contributed by atoms with Crippen LogP contribution < -0.4 is 5.73 Å². The molecule has 3 amide bonds. The molecule has 1 heterocycles. The highest BCUT2D eigenvalue weighted by Gasteiger charge is 2.30. The van der Waals surface area contributed by atoms with E-state index in [1.165, 1.54) is 0 Å². The Morgan fingerprint density at radius 1 is 1.32 bits per heavy atom. The Balaban J connectivity index is 1.98. The van der Waals surface area contributed by atoms with Crippen LogP contribution in [0.2, 0.25) is 0 Å². The van der Waals surface area contributed by atoms with Crippen LogP contribution in [0, 0.1) is 5.92 Å². The first-order valence-corrected chi connectivity index (χ1v) is 9.16. The SMILES string of the molecule is CCCCN(C/C=C/c1ccccc1)C(=O)[C@H]1CCCN(C(N)=O)C1. The van der Waals surface area contributed by atoms with Gasteiger partial charge in [-0.1, -0.05) is 55.8 Å². The Kier molecular flexibility index (Phi) is 7.51. The van der Waals surface area contributed by atoms with E-state index in [-0.39, 0.29) is 11.8 Å². The molecule has 25 heavy (non-hydrogen) atoms. The van der Waals surface area contributed by atoms with Crippen LogP contribution in [0.25, 0.3) is 6.08 Å². The number of unbranched alkanes of at least 4 members (excludes halogenated alkanes) is 1. The van der Waals surface area contributed by atoms with Crippen LogP contribution in [0.15, 0.2) is 36.4 Å². The lowest BCUT2D eigenvalue weighted by Crippen LogP contribution is -2.48. The van der Waals surface area contributed by atoms with Crippen LogP contribution in [0.3, 0.4) is 0 Å². The summed E-state index contributed by atoms with van der Waals surface area (Å²) in [4.78, 5) is 27.8. The van der Waals surface area contributed by atoms with Crippen molar-refractivity contribution >= 4 is 18.0 Å². The molecule has 0 bridgehead atoms. The van der Waals surface area contributed by atoms with Crippen molar-refractivity contribution in [2.45, 2.75) is 32.6 Å². The fourth-order valence-electron chi connectivity index (χ4n) is 3.16. The summed E-state index contributed by atoms with van der Waals surface area (Å²) in [6.45, 7) is 4.57. The fraction of sp³-hybridized carbons (Fsp3) is 0.500. The van der Waals surface area contributed by atoms with Gasteiger partial charge in [-0.3, -0.25) is 4.79 Å². The second-order valence-corrected chi connectivity index (χ2v) is 6.57. The monoisotopic (exact) mass is 343 g/mol. The maximum atomic E-state index is 12.9. The summed E-state index contributed by atoms with van der Waals surface area (Å²) in [7, 11) is 0. The number of carbonyl (C=O) groups is 2. The van der Waals surface area contributed by atoms with Gasteiger partial charge < -0.3 is 15.5 Å². The van der Waals surface area contributed by atoms with E-state index in [0.29, 0.717) is 19.6 Å². The maximum Gasteiger partial charge on any atom is 0.314 e. The summed E-state index contributed by atoms with van der Waals surface area (Å²) in [6, 6.07) is 9.64. The number of nitrogens with two attached hydrogens (primary N) is 1. The number of nitrogens with zero attached hydrogens (tertiary/aromatic N) is 2. The van der Waals surface area contributed by atoms with Crippen molar-refractivity contribution in [2.75, 3.05) is 26.2 Å². The predicted octanol–water partition coefficient (Wildman–Crippen LogP) is 3.12. The lowest BCUT2D eigenvalue weighted by atomic mass is 9.96. The molecule has 2 rings (SSSR count).